The number of aliphatic carboxylic acids is 2. The van der Waals surface area contributed by atoms with Gasteiger partial charge in [0.2, 0.25) is 41.4 Å². The van der Waals surface area contributed by atoms with Crippen LogP contribution in [-0.4, -0.2) is 139 Å². The number of para-hydroxylation sites is 1. The van der Waals surface area contributed by atoms with Gasteiger partial charge in [0.15, 0.2) is 0 Å². The number of likely N-dealkylation sites (tertiary alicyclic amines) is 1. The first-order valence-corrected chi connectivity index (χ1v) is 21.1. The molecule has 7 amide bonds. The molecule has 0 spiro atoms. The molecule has 1 aliphatic heterocycles. The van der Waals surface area contributed by atoms with Crippen LogP contribution in [-0.2, 0) is 49.6 Å². The Balaban J connectivity index is 1.78. The maximum Gasteiger partial charge on any atom is 0.326 e. The molecule has 1 aromatic carbocycles. The number of carbonyl (C=O) groups is 9. The Morgan fingerprint density at radius 3 is 1.83 bits per heavy atom. The summed E-state index contributed by atoms with van der Waals surface area (Å²) in [7, 11) is 0. The van der Waals surface area contributed by atoms with E-state index < -0.39 is 114 Å². The van der Waals surface area contributed by atoms with Crippen molar-refractivity contribution in [3.05, 3.63) is 36.0 Å². The van der Waals surface area contributed by atoms with Gasteiger partial charge in [0.25, 0.3) is 0 Å². The van der Waals surface area contributed by atoms with Crippen LogP contribution in [0.3, 0.4) is 0 Å². The quantitative estimate of drug-likeness (QED) is 0.0640. The highest BCUT2D eigenvalue weighted by atomic mass is 16.4. The summed E-state index contributed by atoms with van der Waals surface area (Å²) in [5, 5.41) is 44.8. The molecule has 2 aromatic rings. The zero-order chi connectivity index (χ0) is 47.3. The Kier molecular flexibility index (Phi) is 19.0. The second kappa shape index (κ2) is 23.4. The van der Waals surface area contributed by atoms with Gasteiger partial charge < -0.3 is 62.8 Å². The fourth-order valence-corrected chi connectivity index (χ4v) is 7.11. The lowest BCUT2D eigenvalue weighted by Crippen LogP contribution is -2.60. The monoisotopic (exact) mass is 885 g/mol. The van der Waals surface area contributed by atoms with E-state index in [1.54, 1.807) is 38.2 Å². The third-order valence-corrected chi connectivity index (χ3v) is 10.6. The van der Waals surface area contributed by atoms with Gasteiger partial charge in [-0.3, -0.25) is 38.4 Å². The molecular formula is C42H63N9O12. The minimum atomic E-state index is -1.69. The van der Waals surface area contributed by atoms with Gasteiger partial charge in [0, 0.05) is 30.1 Å². The van der Waals surface area contributed by atoms with E-state index in [2.05, 4.69) is 36.9 Å². The molecule has 0 unspecified atom stereocenters. The minimum Gasteiger partial charge on any atom is -0.481 e. The summed E-state index contributed by atoms with van der Waals surface area (Å²) in [5.74, 6) is -8.58. The van der Waals surface area contributed by atoms with E-state index in [1.807, 2.05) is 19.9 Å². The summed E-state index contributed by atoms with van der Waals surface area (Å²) >= 11 is 0. The summed E-state index contributed by atoms with van der Waals surface area (Å²) in [5.41, 5.74) is 7.06. The van der Waals surface area contributed by atoms with Crippen LogP contribution < -0.4 is 37.6 Å². The minimum absolute atomic E-state index is 0.0186. The number of aromatic nitrogens is 1. The van der Waals surface area contributed by atoms with Crippen LogP contribution in [0.4, 0.5) is 0 Å². The van der Waals surface area contributed by atoms with Crippen LogP contribution in [0.25, 0.3) is 10.9 Å². The van der Waals surface area contributed by atoms with Gasteiger partial charge in [-0.1, -0.05) is 45.9 Å². The summed E-state index contributed by atoms with van der Waals surface area (Å²) in [6, 6.07) is -3.27. The van der Waals surface area contributed by atoms with Crippen LogP contribution in [0, 0.1) is 11.8 Å². The van der Waals surface area contributed by atoms with Gasteiger partial charge in [-0.15, -0.1) is 0 Å². The van der Waals surface area contributed by atoms with Gasteiger partial charge in [0.05, 0.1) is 12.5 Å². The fourth-order valence-electron chi connectivity index (χ4n) is 7.11. The molecule has 21 nitrogen and oxygen atoms in total. The number of carboxylic acids is 2. The van der Waals surface area contributed by atoms with E-state index in [4.69, 9.17) is 5.73 Å². The molecular weight excluding hydrogens is 823 g/mol. The van der Waals surface area contributed by atoms with E-state index in [0.717, 1.165) is 15.8 Å². The molecule has 9 atom stereocenters. The zero-order valence-electron chi connectivity index (χ0n) is 36.7. The molecule has 0 aliphatic carbocycles. The Morgan fingerprint density at radius 2 is 1.25 bits per heavy atom. The van der Waals surface area contributed by atoms with Gasteiger partial charge in [-0.25, -0.2) is 4.79 Å². The lowest BCUT2D eigenvalue weighted by Gasteiger charge is -2.30. The van der Waals surface area contributed by atoms with E-state index in [-0.39, 0.29) is 44.1 Å². The number of aromatic amines is 1. The van der Waals surface area contributed by atoms with Crippen LogP contribution in [0.15, 0.2) is 30.5 Å². The van der Waals surface area contributed by atoms with Crippen molar-refractivity contribution in [3.8, 4) is 0 Å². The number of hydrogen-bond acceptors (Lipinski definition) is 11. The summed E-state index contributed by atoms with van der Waals surface area (Å²) < 4.78 is 0. The predicted molar refractivity (Wildman–Crippen MR) is 228 cm³/mol. The number of benzene rings is 1. The van der Waals surface area contributed by atoms with Crippen molar-refractivity contribution in [1.29, 1.82) is 0 Å². The first-order valence-electron chi connectivity index (χ1n) is 21.1. The van der Waals surface area contributed by atoms with E-state index in [0.29, 0.717) is 12.0 Å². The Hall–Kier alpha value is -6.09. The molecule has 63 heavy (non-hydrogen) atoms. The molecule has 2 heterocycles. The molecule has 21 heteroatoms. The highest BCUT2D eigenvalue weighted by Gasteiger charge is 2.40. The Morgan fingerprint density at radius 1 is 0.714 bits per heavy atom. The molecule has 348 valence electrons. The van der Waals surface area contributed by atoms with E-state index >= 15 is 0 Å². The van der Waals surface area contributed by atoms with Gasteiger partial charge in [0.1, 0.15) is 48.3 Å². The molecule has 0 saturated carbocycles. The third-order valence-electron chi connectivity index (χ3n) is 10.6. The van der Waals surface area contributed by atoms with Gasteiger partial charge in [-0.2, -0.15) is 0 Å². The van der Waals surface area contributed by atoms with Crippen molar-refractivity contribution >= 4 is 64.2 Å². The molecule has 0 radical (unpaired) electrons. The van der Waals surface area contributed by atoms with Crippen LogP contribution in [0.5, 0.6) is 0 Å². The smallest absolute Gasteiger partial charge is 0.326 e. The number of carboxylic acid groups (broad SMARTS) is 2. The highest BCUT2D eigenvalue weighted by Crippen LogP contribution is 2.22. The number of H-pyrrole nitrogens is 1. The highest BCUT2D eigenvalue weighted by molar-refractivity contribution is 5.99. The standard InChI is InChI=1S/C42H63N9O12/c1-20(2)15-28(38(58)50-31(42(62)63)16-21(3)4)48-39(59)32-13-10-14-51(32)41(61)30(18-33(53)54)49-36(56)22(5)45-37(57)29(17-25-19-44-27-12-9-8-11-26(25)27)47-35(55)23(6)46-40(60)34(43)24(7)52/h8-9,11-12,19-24,28-32,34,44,52H,10,13-18,43H2,1-7H3,(H,45,57)(H,46,60)(H,47,55)(H,48,59)(H,49,56)(H,50,58)(H,53,54)(H,62,63)/t22-,23-,24+,28-,29-,30-,31-,32-,34-/m0/s1. The SMILES string of the molecule is CC(C)C[C@H](NC(=O)[C@H](CC(C)C)NC(=O)[C@@H]1CCCN1C(=O)[C@H](CC(=O)O)NC(=O)[C@H](C)NC(=O)[C@H](Cc1c[nH]c2ccccc12)NC(=O)[C@H](C)NC(=O)[C@@H](N)[C@@H](C)O)C(=O)O. The van der Waals surface area contributed by atoms with Crippen molar-refractivity contribution < 1.29 is 58.5 Å². The molecule has 1 aromatic heterocycles. The van der Waals surface area contributed by atoms with Crippen molar-refractivity contribution in [2.75, 3.05) is 6.54 Å². The van der Waals surface area contributed by atoms with Gasteiger partial charge >= 0.3 is 11.9 Å². The number of nitrogens with two attached hydrogens (primary N) is 1. The molecule has 1 fully saturated rings. The summed E-state index contributed by atoms with van der Waals surface area (Å²) in [4.78, 5) is 122. The zero-order valence-corrected chi connectivity index (χ0v) is 36.7. The summed E-state index contributed by atoms with van der Waals surface area (Å²) in [6.45, 7) is 11.2. The Bertz CT molecular complexity index is 1980. The molecule has 12 N–H and O–H groups in total. The maximum atomic E-state index is 14.0. The molecule has 1 saturated heterocycles. The lowest BCUT2D eigenvalue weighted by atomic mass is 10.00. The number of amides is 7. The van der Waals surface area contributed by atoms with Crippen molar-refractivity contribution in [2.24, 2.45) is 17.6 Å². The van der Waals surface area contributed by atoms with Crippen molar-refractivity contribution in [3.63, 3.8) is 0 Å². The van der Waals surface area contributed by atoms with Crippen LogP contribution in [0.1, 0.15) is 86.1 Å². The van der Waals surface area contributed by atoms with Crippen LogP contribution in [0.2, 0.25) is 0 Å². The van der Waals surface area contributed by atoms with E-state index in [1.165, 1.54) is 20.8 Å². The Labute approximate surface area is 365 Å². The van der Waals surface area contributed by atoms with E-state index in [9.17, 15) is 58.5 Å². The number of carbonyl (C=O) groups excluding carboxylic acids is 7. The average molecular weight is 886 g/mol. The molecule has 1 aliphatic rings. The second-order valence-electron chi connectivity index (χ2n) is 16.9. The largest absolute Gasteiger partial charge is 0.481 e. The lowest BCUT2D eigenvalue weighted by molar-refractivity contribution is -0.146. The topological polar surface area (TPSA) is 332 Å². The normalized spacial score (nSPS) is 17.6. The number of rotatable bonds is 23. The maximum absolute atomic E-state index is 14.0. The molecule has 0 bridgehead atoms. The first-order chi connectivity index (χ1) is 29.5. The number of hydrogen-bond donors (Lipinski definition) is 11. The summed E-state index contributed by atoms with van der Waals surface area (Å²) in [6.07, 6.45) is 0.250. The first kappa shape index (κ1) is 51.3. The van der Waals surface area contributed by atoms with Crippen molar-refractivity contribution in [2.45, 2.75) is 141 Å². The predicted octanol–water partition coefficient (Wildman–Crippen LogP) is -0.990. The number of aliphatic hydroxyl groups is 1. The average Bonchev–Trinajstić information content (AvgIpc) is 3.86. The molecule has 3 rings (SSSR count). The fraction of sp³-hybridized carbons (Fsp3) is 0.595. The second-order valence-corrected chi connectivity index (χ2v) is 16.9. The number of nitrogens with zero attached hydrogens (tertiary/aromatic N) is 1. The third kappa shape index (κ3) is 15.0. The van der Waals surface area contributed by atoms with Crippen LogP contribution >= 0.6 is 0 Å². The number of aliphatic hydroxyl groups excluding tert-OH is 1. The van der Waals surface area contributed by atoms with Gasteiger partial charge in [-0.05, 0) is 69.9 Å². The van der Waals surface area contributed by atoms with Crippen molar-refractivity contribution in [1.82, 2.24) is 41.8 Å². The number of fused-ring (bicyclic) bond motifs is 1. The number of nitrogens with one attached hydrogen (secondary N) is 7.